The number of anilines is 1. The van der Waals surface area contributed by atoms with E-state index in [-0.39, 0.29) is 0 Å². The Balaban J connectivity index is 2.26. The standard InChI is InChI=1S/C8H12N2/c1-2-4-10-5-3-7-8(10)6-9-7/h3,5,9H,2,4,6H2,1H3. The first-order valence-electron chi connectivity index (χ1n) is 3.83. The number of aryl methyl sites for hydroxylation is 1. The molecule has 10 heavy (non-hydrogen) atoms. The van der Waals surface area contributed by atoms with Crippen LogP contribution in [0.15, 0.2) is 12.3 Å². The lowest BCUT2D eigenvalue weighted by molar-refractivity contribution is 0.645. The largest absolute Gasteiger partial charge is 0.378 e. The topological polar surface area (TPSA) is 17.0 Å². The van der Waals surface area contributed by atoms with E-state index in [2.05, 4.69) is 29.1 Å². The van der Waals surface area contributed by atoms with Gasteiger partial charge >= 0.3 is 0 Å². The molecule has 0 unspecified atom stereocenters. The molecular weight excluding hydrogens is 124 g/mol. The smallest absolute Gasteiger partial charge is 0.0603 e. The summed E-state index contributed by atoms with van der Waals surface area (Å²) in [5.41, 5.74) is 2.80. The summed E-state index contributed by atoms with van der Waals surface area (Å²) < 4.78 is 2.33. The van der Waals surface area contributed by atoms with Gasteiger partial charge in [0.1, 0.15) is 0 Å². The molecule has 0 saturated heterocycles. The number of aromatic nitrogens is 1. The minimum Gasteiger partial charge on any atom is -0.378 e. The molecule has 0 fully saturated rings. The maximum atomic E-state index is 3.25. The van der Waals surface area contributed by atoms with Crippen molar-refractivity contribution < 1.29 is 0 Å². The van der Waals surface area contributed by atoms with Crippen LogP contribution < -0.4 is 5.32 Å². The molecule has 1 aromatic heterocycles. The van der Waals surface area contributed by atoms with Crippen LogP contribution in [0.3, 0.4) is 0 Å². The van der Waals surface area contributed by atoms with Gasteiger partial charge in [-0.15, -0.1) is 0 Å². The van der Waals surface area contributed by atoms with Crippen molar-refractivity contribution in [2.24, 2.45) is 0 Å². The Labute approximate surface area is 60.9 Å². The highest BCUT2D eigenvalue weighted by molar-refractivity contribution is 5.57. The molecule has 1 aromatic rings. The molecule has 1 aliphatic heterocycles. The van der Waals surface area contributed by atoms with E-state index in [0.717, 1.165) is 13.1 Å². The van der Waals surface area contributed by atoms with Crippen molar-refractivity contribution in [3.05, 3.63) is 18.0 Å². The predicted octanol–water partition coefficient (Wildman–Crippen LogP) is 1.82. The number of nitrogens with zero attached hydrogens (tertiary/aromatic N) is 1. The maximum absolute atomic E-state index is 3.25. The third-order valence-electron chi connectivity index (χ3n) is 1.99. The molecule has 2 rings (SSSR count). The summed E-state index contributed by atoms with van der Waals surface area (Å²) in [6.45, 7) is 4.43. The third kappa shape index (κ3) is 0.649. The van der Waals surface area contributed by atoms with Gasteiger partial charge in [0.05, 0.1) is 17.9 Å². The minimum atomic E-state index is 1.06. The fraction of sp³-hybridized carbons (Fsp3) is 0.500. The lowest BCUT2D eigenvalue weighted by Gasteiger charge is -2.19. The average molecular weight is 136 g/mol. The van der Waals surface area contributed by atoms with Gasteiger partial charge in [-0.2, -0.15) is 0 Å². The van der Waals surface area contributed by atoms with Gasteiger partial charge in [0, 0.05) is 12.7 Å². The van der Waals surface area contributed by atoms with Gasteiger partial charge in [-0.3, -0.25) is 0 Å². The van der Waals surface area contributed by atoms with Crippen LogP contribution in [0.1, 0.15) is 19.0 Å². The van der Waals surface area contributed by atoms with E-state index >= 15 is 0 Å². The Morgan fingerprint density at radius 2 is 2.60 bits per heavy atom. The predicted molar refractivity (Wildman–Crippen MR) is 42.0 cm³/mol. The minimum absolute atomic E-state index is 1.06. The molecule has 0 radical (unpaired) electrons. The second kappa shape index (κ2) is 2.04. The van der Waals surface area contributed by atoms with Gasteiger partial charge in [0.2, 0.25) is 0 Å². The Hall–Kier alpha value is -0.920. The molecule has 2 heteroatoms. The highest BCUT2D eigenvalue weighted by Gasteiger charge is 2.15. The van der Waals surface area contributed by atoms with E-state index in [4.69, 9.17) is 0 Å². The van der Waals surface area contributed by atoms with E-state index in [1.807, 2.05) is 0 Å². The van der Waals surface area contributed by atoms with Gasteiger partial charge < -0.3 is 9.88 Å². The summed E-state index contributed by atoms with van der Waals surface area (Å²) in [5, 5.41) is 3.25. The highest BCUT2D eigenvalue weighted by atomic mass is 15.1. The van der Waals surface area contributed by atoms with E-state index in [9.17, 15) is 0 Å². The van der Waals surface area contributed by atoms with Crippen molar-refractivity contribution in [2.45, 2.75) is 26.4 Å². The Kier molecular flexibility index (Phi) is 1.19. The number of hydrogen-bond acceptors (Lipinski definition) is 1. The number of fused-ring (bicyclic) bond motifs is 1. The van der Waals surface area contributed by atoms with E-state index in [1.165, 1.54) is 17.8 Å². The van der Waals surface area contributed by atoms with Gasteiger partial charge in [0.15, 0.2) is 0 Å². The lowest BCUT2D eigenvalue weighted by atomic mass is 10.2. The van der Waals surface area contributed by atoms with Crippen molar-refractivity contribution >= 4 is 5.69 Å². The Morgan fingerprint density at radius 3 is 3.10 bits per heavy atom. The molecule has 1 N–H and O–H groups in total. The molecule has 2 heterocycles. The zero-order valence-corrected chi connectivity index (χ0v) is 6.22. The van der Waals surface area contributed by atoms with Crippen LogP contribution in [0, 0.1) is 0 Å². The summed E-state index contributed by atoms with van der Waals surface area (Å²) >= 11 is 0. The van der Waals surface area contributed by atoms with Gasteiger partial charge in [-0.1, -0.05) is 6.92 Å². The fourth-order valence-electron chi connectivity index (χ4n) is 1.39. The Bertz CT molecular complexity index is 237. The molecular formula is C8H12N2. The first kappa shape index (κ1) is 5.83. The number of nitrogens with one attached hydrogen (secondary N) is 1. The lowest BCUT2D eigenvalue weighted by Crippen LogP contribution is -2.16. The van der Waals surface area contributed by atoms with Gasteiger partial charge in [-0.05, 0) is 12.5 Å². The monoisotopic (exact) mass is 136 g/mol. The summed E-state index contributed by atoms with van der Waals surface area (Å²) in [7, 11) is 0. The summed E-state index contributed by atoms with van der Waals surface area (Å²) in [6, 6.07) is 2.15. The van der Waals surface area contributed by atoms with Crippen LogP contribution in [-0.4, -0.2) is 4.57 Å². The van der Waals surface area contributed by atoms with Crippen LogP contribution in [-0.2, 0) is 13.1 Å². The quantitative estimate of drug-likeness (QED) is 0.656. The van der Waals surface area contributed by atoms with Crippen molar-refractivity contribution in [1.29, 1.82) is 0 Å². The molecule has 0 amide bonds. The first-order valence-corrected chi connectivity index (χ1v) is 3.83. The van der Waals surface area contributed by atoms with Crippen LogP contribution in [0.2, 0.25) is 0 Å². The first-order chi connectivity index (χ1) is 4.92. The molecule has 0 aliphatic carbocycles. The van der Waals surface area contributed by atoms with E-state index in [0.29, 0.717) is 0 Å². The van der Waals surface area contributed by atoms with Gasteiger partial charge in [0.25, 0.3) is 0 Å². The molecule has 0 spiro atoms. The zero-order chi connectivity index (χ0) is 6.97. The summed E-state index contributed by atoms with van der Waals surface area (Å²) in [6.07, 6.45) is 3.38. The second-order valence-electron chi connectivity index (χ2n) is 2.72. The van der Waals surface area contributed by atoms with Crippen LogP contribution >= 0.6 is 0 Å². The Morgan fingerprint density at radius 1 is 1.70 bits per heavy atom. The average Bonchev–Trinajstić information content (AvgIpc) is 2.08. The molecule has 54 valence electrons. The molecule has 0 aromatic carbocycles. The molecule has 1 aliphatic rings. The second-order valence-corrected chi connectivity index (χ2v) is 2.72. The number of rotatable bonds is 2. The van der Waals surface area contributed by atoms with Gasteiger partial charge in [-0.25, -0.2) is 0 Å². The van der Waals surface area contributed by atoms with Crippen LogP contribution in [0.5, 0.6) is 0 Å². The van der Waals surface area contributed by atoms with E-state index in [1.54, 1.807) is 0 Å². The van der Waals surface area contributed by atoms with E-state index < -0.39 is 0 Å². The molecule has 0 bridgehead atoms. The maximum Gasteiger partial charge on any atom is 0.0603 e. The fourth-order valence-corrected chi connectivity index (χ4v) is 1.39. The number of hydrogen-bond donors (Lipinski definition) is 1. The van der Waals surface area contributed by atoms with Crippen molar-refractivity contribution in [2.75, 3.05) is 5.32 Å². The third-order valence-corrected chi connectivity index (χ3v) is 1.99. The van der Waals surface area contributed by atoms with Crippen molar-refractivity contribution in [3.63, 3.8) is 0 Å². The molecule has 0 saturated carbocycles. The SMILES string of the molecule is CCCn1ccc2c1CN2. The van der Waals surface area contributed by atoms with Crippen LogP contribution in [0.25, 0.3) is 0 Å². The van der Waals surface area contributed by atoms with Crippen LogP contribution in [0.4, 0.5) is 5.69 Å². The summed E-state index contributed by atoms with van der Waals surface area (Å²) in [4.78, 5) is 0. The van der Waals surface area contributed by atoms with Crippen molar-refractivity contribution in [1.82, 2.24) is 4.57 Å². The summed E-state index contributed by atoms with van der Waals surface area (Å²) in [5.74, 6) is 0. The highest BCUT2D eigenvalue weighted by Crippen LogP contribution is 2.26. The molecule has 0 atom stereocenters. The molecule has 2 nitrogen and oxygen atoms in total. The van der Waals surface area contributed by atoms with Crippen molar-refractivity contribution in [3.8, 4) is 0 Å². The zero-order valence-electron chi connectivity index (χ0n) is 6.22. The normalized spacial score (nSPS) is 13.7.